The number of aromatic amines is 2. The minimum Gasteiger partial charge on any atom is -0.451 e. The van der Waals surface area contributed by atoms with Gasteiger partial charge in [-0.05, 0) is 24.5 Å². The maximum Gasteiger partial charge on any atom is 0.359 e. The molecule has 1 aromatic carbocycles. The predicted molar refractivity (Wildman–Crippen MR) is 133 cm³/mol. The molecule has 12 heteroatoms. The molecule has 0 spiro atoms. The van der Waals surface area contributed by atoms with Crippen LogP contribution in [0.1, 0.15) is 41.5 Å². The molecule has 0 aliphatic carbocycles. The van der Waals surface area contributed by atoms with Crippen LogP contribution >= 0.6 is 0 Å². The number of H-pyrrole nitrogens is 2. The predicted octanol–water partition coefficient (Wildman–Crippen LogP) is 1.07. The highest BCUT2D eigenvalue weighted by Crippen LogP contribution is 2.19. The first-order valence-electron chi connectivity index (χ1n) is 11.5. The molecule has 12 nitrogen and oxygen atoms in total. The first-order valence-corrected chi connectivity index (χ1v) is 11.5. The molecule has 0 aliphatic rings. The normalized spacial score (nSPS) is 10.8. The zero-order chi connectivity index (χ0) is 26.1. The van der Waals surface area contributed by atoms with Crippen LogP contribution in [0.3, 0.4) is 0 Å². The number of nitrogens with zero attached hydrogens (tertiary/aromatic N) is 3. The van der Waals surface area contributed by atoms with Gasteiger partial charge in [-0.1, -0.05) is 43.7 Å². The highest BCUT2D eigenvalue weighted by atomic mass is 16.5. The van der Waals surface area contributed by atoms with E-state index in [0.29, 0.717) is 19.4 Å². The molecule has 0 unspecified atom stereocenters. The zero-order valence-electron chi connectivity index (χ0n) is 20.3. The van der Waals surface area contributed by atoms with E-state index in [9.17, 15) is 19.2 Å². The smallest absolute Gasteiger partial charge is 0.359 e. The van der Waals surface area contributed by atoms with Gasteiger partial charge in [0.2, 0.25) is 0 Å². The SMILES string of the molecule is CCCc1cc(C(=O)OCC(=O)N(CCCOC)c2c(N)n(Cc3ccccc3)c(=O)[nH]c2=O)n[nH]1. The monoisotopic (exact) mass is 498 g/mol. The van der Waals surface area contributed by atoms with Gasteiger partial charge in [0.1, 0.15) is 5.82 Å². The number of nitrogens with one attached hydrogen (secondary N) is 2. The van der Waals surface area contributed by atoms with E-state index in [1.807, 2.05) is 25.1 Å². The molecular weight excluding hydrogens is 468 g/mol. The average Bonchev–Trinajstić information content (AvgIpc) is 3.33. The van der Waals surface area contributed by atoms with E-state index < -0.39 is 29.7 Å². The van der Waals surface area contributed by atoms with Gasteiger partial charge in [0, 0.05) is 26.0 Å². The molecule has 0 fully saturated rings. The Bertz CT molecular complexity index is 1300. The van der Waals surface area contributed by atoms with Crippen molar-refractivity contribution in [1.29, 1.82) is 0 Å². The highest BCUT2D eigenvalue weighted by Gasteiger charge is 2.25. The summed E-state index contributed by atoms with van der Waals surface area (Å²) in [5.41, 5.74) is 6.12. The number of anilines is 2. The van der Waals surface area contributed by atoms with Crippen LogP contribution in [-0.2, 0) is 27.2 Å². The lowest BCUT2D eigenvalue weighted by molar-refractivity contribution is -0.121. The number of nitrogen functional groups attached to an aromatic ring is 1. The van der Waals surface area contributed by atoms with E-state index in [0.717, 1.165) is 22.6 Å². The van der Waals surface area contributed by atoms with Gasteiger partial charge in [-0.3, -0.25) is 24.2 Å². The summed E-state index contributed by atoms with van der Waals surface area (Å²) in [4.78, 5) is 54.1. The fourth-order valence-electron chi connectivity index (χ4n) is 3.63. The largest absolute Gasteiger partial charge is 0.451 e. The second-order valence-corrected chi connectivity index (χ2v) is 8.06. The number of carbonyl (C=O) groups excluding carboxylic acids is 2. The van der Waals surface area contributed by atoms with Crippen LogP contribution in [0.4, 0.5) is 11.5 Å². The number of aryl methyl sites for hydroxylation is 1. The summed E-state index contributed by atoms with van der Waals surface area (Å²) < 4.78 is 11.4. The van der Waals surface area contributed by atoms with Gasteiger partial charge in [0.15, 0.2) is 18.0 Å². The van der Waals surface area contributed by atoms with Crippen LogP contribution in [0.2, 0.25) is 0 Å². The van der Waals surface area contributed by atoms with Crippen molar-refractivity contribution in [2.75, 3.05) is 37.5 Å². The van der Waals surface area contributed by atoms with Crippen LogP contribution in [-0.4, -0.2) is 58.5 Å². The Balaban J connectivity index is 1.86. The van der Waals surface area contributed by atoms with Crippen molar-refractivity contribution in [3.8, 4) is 0 Å². The maximum atomic E-state index is 13.1. The summed E-state index contributed by atoms with van der Waals surface area (Å²) in [6.07, 6.45) is 1.95. The number of aromatic nitrogens is 4. The summed E-state index contributed by atoms with van der Waals surface area (Å²) in [6.45, 7) is 1.77. The number of rotatable bonds is 12. The summed E-state index contributed by atoms with van der Waals surface area (Å²) in [6, 6.07) is 10.6. The number of hydrogen-bond acceptors (Lipinski definition) is 8. The number of amides is 1. The lowest BCUT2D eigenvalue weighted by Gasteiger charge is -2.24. The third kappa shape index (κ3) is 6.48. The minimum absolute atomic E-state index is 0.0457. The summed E-state index contributed by atoms with van der Waals surface area (Å²) in [5.74, 6) is -1.65. The number of esters is 1. The Labute approximate surface area is 207 Å². The number of carbonyl (C=O) groups is 2. The first-order chi connectivity index (χ1) is 17.3. The lowest BCUT2D eigenvalue weighted by Crippen LogP contribution is -2.43. The van der Waals surface area contributed by atoms with Gasteiger partial charge in [0.25, 0.3) is 11.5 Å². The summed E-state index contributed by atoms with van der Waals surface area (Å²) in [5, 5.41) is 6.66. The molecule has 1 amide bonds. The Morgan fingerprint density at radius 1 is 1.19 bits per heavy atom. The van der Waals surface area contributed by atoms with Crippen LogP contribution in [0.25, 0.3) is 0 Å². The van der Waals surface area contributed by atoms with Gasteiger partial charge in [-0.25, -0.2) is 9.59 Å². The van der Waals surface area contributed by atoms with Crippen molar-refractivity contribution >= 4 is 23.4 Å². The quantitative estimate of drug-likeness (QED) is 0.246. The molecule has 4 N–H and O–H groups in total. The topological polar surface area (TPSA) is 165 Å². The van der Waals surface area contributed by atoms with Gasteiger partial charge in [-0.15, -0.1) is 0 Å². The Morgan fingerprint density at radius 3 is 2.64 bits per heavy atom. The molecule has 0 bridgehead atoms. The highest BCUT2D eigenvalue weighted by molar-refractivity contribution is 5.98. The number of nitrogens with two attached hydrogens (primary N) is 1. The average molecular weight is 499 g/mol. The van der Waals surface area contributed by atoms with E-state index in [1.165, 1.54) is 11.7 Å². The molecule has 3 aromatic rings. The van der Waals surface area contributed by atoms with Gasteiger partial charge in [0.05, 0.1) is 6.54 Å². The fourth-order valence-corrected chi connectivity index (χ4v) is 3.63. The van der Waals surface area contributed by atoms with Crippen molar-refractivity contribution in [2.24, 2.45) is 0 Å². The van der Waals surface area contributed by atoms with Gasteiger partial charge in [-0.2, -0.15) is 5.10 Å². The Morgan fingerprint density at radius 2 is 1.94 bits per heavy atom. The number of benzene rings is 1. The molecular formula is C24H30N6O6. The second kappa shape index (κ2) is 12.5. The van der Waals surface area contributed by atoms with Crippen LogP contribution in [0.5, 0.6) is 0 Å². The van der Waals surface area contributed by atoms with Crippen LogP contribution < -0.4 is 21.9 Å². The van der Waals surface area contributed by atoms with E-state index in [1.54, 1.807) is 18.2 Å². The minimum atomic E-state index is -0.824. The third-order valence-electron chi connectivity index (χ3n) is 5.38. The van der Waals surface area contributed by atoms with Crippen molar-refractivity contribution in [3.05, 3.63) is 74.2 Å². The molecule has 2 aromatic heterocycles. The Kier molecular flexibility index (Phi) is 9.17. The van der Waals surface area contributed by atoms with Crippen molar-refractivity contribution in [1.82, 2.24) is 19.7 Å². The van der Waals surface area contributed by atoms with Gasteiger partial charge >= 0.3 is 11.7 Å². The number of ether oxygens (including phenoxy) is 2. The molecule has 36 heavy (non-hydrogen) atoms. The molecule has 0 atom stereocenters. The standard InChI is InChI=1S/C24H30N6O6/c1-3-8-17-13-18(28-27-17)23(33)36-15-19(31)29(11-7-12-35-2)20-21(25)30(24(34)26-22(20)32)14-16-9-5-4-6-10-16/h4-6,9-10,13H,3,7-8,11-12,14-15,25H2,1-2H3,(H,27,28)(H,26,32,34). The van der Waals surface area contributed by atoms with Crippen LogP contribution in [0.15, 0.2) is 46.0 Å². The summed E-state index contributed by atoms with van der Waals surface area (Å²) >= 11 is 0. The van der Waals surface area contributed by atoms with Crippen LogP contribution in [0, 0.1) is 0 Å². The van der Waals surface area contributed by atoms with E-state index >= 15 is 0 Å². The van der Waals surface area contributed by atoms with E-state index in [2.05, 4.69) is 15.2 Å². The molecule has 3 rings (SSSR count). The number of hydrogen-bond donors (Lipinski definition) is 3. The third-order valence-corrected chi connectivity index (χ3v) is 5.38. The van der Waals surface area contributed by atoms with Crippen molar-refractivity contribution in [3.63, 3.8) is 0 Å². The molecule has 0 aliphatic heterocycles. The molecule has 0 radical (unpaired) electrons. The maximum absolute atomic E-state index is 13.1. The molecule has 0 saturated carbocycles. The Hall–Kier alpha value is -4.19. The lowest BCUT2D eigenvalue weighted by atomic mass is 10.2. The van der Waals surface area contributed by atoms with Gasteiger partial charge < -0.3 is 20.1 Å². The fraction of sp³-hybridized carbons (Fsp3) is 0.375. The molecule has 2 heterocycles. The van der Waals surface area contributed by atoms with Crippen molar-refractivity contribution < 1.29 is 19.1 Å². The molecule has 0 saturated heterocycles. The van der Waals surface area contributed by atoms with Crippen molar-refractivity contribution in [2.45, 2.75) is 32.7 Å². The van der Waals surface area contributed by atoms with E-state index in [-0.39, 0.29) is 30.3 Å². The molecule has 192 valence electrons. The number of methoxy groups -OCH3 is 1. The zero-order valence-corrected chi connectivity index (χ0v) is 20.3. The first kappa shape index (κ1) is 26.4. The van der Waals surface area contributed by atoms with E-state index in [4.69, 9.17) is 15.2 Å². The summed E-state index contributed by atoms with van der Waals surface area (Å²) in [7, 11) is 1.51. The second-order valence-electron chi connectivity index (χ2n) is 8.06.